The molecule has 98 valence electrons. The smallest absolute Gasteiger partial charge is 0.0440 e. The summed E-state index contributed by atoms with van der Waals surface area (Å²) in [6, 6.07) is 8.97. The standard InChI is InChI=1S/C18H21N/c1-2-19-17-8-4-3-6-13(17)10-11-15-16-12-14(16)7-5-9-18(15)19/h3-8,14,16H,2,9-12H2,1H3. The SMILES string of the molecule is CCN1C2=C(CCc3ccccc31)C1CC1C=CC2. The predicted molar refractivity (Wildman–Crippen MR) is 80.2 cm³/mol. The van der Waals surface area contributed by atoms with Crippen LogP contribution in [0.25, 0.3) is 0 Å². The van der Waals surface area contributed by atoms with E-state index in [1.807, 2.05) is 0 Å². The van der Waals surface area contributed by atoms with Crippen molar-refractivity contribution in [2.24, 2.45) is 11.8 Å². The normalized spacial score (nSPS) is 28.2. The lowest BCUT2D eigenvalue weighted by Gasteiger charge is -2.28. The summed E-state index contributed by atoms with van der Waals surface area (Å²) in [6.45, 7) is 3.37. The molecule has 0 saturated heterocycles. The molecule has 1 saturated carbocycles. The van der Waals surface area contributed by atoms with Gasteiger partial charge in [0.05, 0.1) is 0 Å². The molecule has 2 aliphatic carbocycles. The third kappa shape index (κ3) is 1.75. The monoisotopic (exact) mass is 251 g/mol. The molecule has 1 heteroatoms. The summed E-state index contributed by atoms with van der Waals surface area (Å²) in [5.74, 6) is 1.71. The van der Waals surface area contributed by atoms with Crippen LogP contribution in [0.2, 0.25) is 0 Å². The van der Waals surface area contributed by atoms with Gasteiger partial charge in [-0.15, -0.1) is 0 Å². The number of hydrogen-bond donors (Lipinski definition) is 0. The summed E-state index contributed by atoms with van der Waals surface area (Å²) < 4.78 is 0. The van der Waals surface area contributed by atoms with Crippen molar-refractivity contribution in [1.82, 2.24) is 0 Å². The highest BCUT2D eigenvalue weighted by molar-refractivity contribution is 5.61. The summed E-state index contributed by atoms with van der Waals surface area (Å²) >= 11 is 0. The van der Waals surface area contributed by atoms with E-state index in [0.29, 0.717) is 0 Å². The number of aryl methyl sites for hydroxylation is 1. The van der Waals surface area contributed by atoms with Gasteiger partial charge in [-0.05, 0) is 55.2 Å². The van der Waals surface area contributed by atoms with Crippen LogP contribution in [-0.4, -0.2) is 6.54 Å². The lowest BCUT2D eigenvalue weighted by molar-refractivity contribution is 0.796. The Morgan fingerprint density at radius 3 is 3.00 bits per heavy atom. The summed E-state index contributed by atoms with van der Waals surface area (Å²) in [7, 11) is 0. The van der Waals surface area contributed by atoms with Crippen LogP contribution >= 0.6 is 0 Å². The molecule has 1 fully saturated rings. The van der Waals surface area contributed by atoms with Crippen molar-refractivity contribution in [3.63, 3.8) is 0 Å². The molecule has 0 amide bonds. The predicted octanol–water partition coefficient (Wildman–Crippen LogP) is 4.31. The molecule has 2 atom stereocenters. The van der Waals surface area contributed by atoms with Gasteiger partial charge in [0.1, 0.15) is 0 Å². The average Bonchev–Trinajstić information content (AvgIpc) is 3.19. The zero-order valence-electron chi connectivity index (χ0n) is 11.6. The second-order valence-electron chi connectivity index (χ2n) is 5.98. The van der Waals surface area contributed by atoms with Crippen molar-refractivity contribution in [1.29, 1.82) is 0 Å². The van der Waals surface area contributed by atoms with E-state index in [1.165, 1.54) is 30.5 Å². The average molecular weight is 251 g/mol. The third-order valence-electron chi connectivity index (χ3n) is 4.94. The van der Waals surface area contributed by atoms with Crippen molar-refractivity contribution < 1.29 is 0 Å². The summed E-state index contributed by atoms with van der Waals surface area (Å²) in [4.78, 5) is 2.57. The van der Waals surface area contributed by atoms with Gasteiger partial charge in [-0.1, -0.05) is 30.4 Å². The molecule has 1 nitrogen and oxygen atoms in total. The van der Waals surface area contributed by atoms with Crippen molar-refractivity contribution in [2.75, 3.05) is 11.4 Å². The maximum atomic E-state index is 2.57. The van der Waals surface area contributed by atoms with Gasteiger partial charge in [0, 0.05) is 24.4 Å². The minimum atomic E-state index is 0.854. The number of anilines is 1. The molecule has 2 unspecified atom stereocenters. The van der Waals surface area contributed by atoms with E-state index < -0.39 is 0 Å². The van der Waals surface area contributed by atoms with Crippen LogP contribution in [0.5, 0.6) is 0 Å². The molecular formula is C18H21N. The van der Waals surface area contributed by atoms with Gasteiger partial charge in [0.2, 0.25) is 0 Å². The summed E-state index contributed by atoms with van der Waals surface area (Å²) in [6.07, 6.45) is 9.87. The largest absolute Gasteiger partial charge is 0.345 e. The van der Waals surface area contributed by atoms with Crippen LogP contribution in [0, 0.1) is 11.8 Å². The third-order valence-corrected chi connectivity index (χ3v) is 4.94. The molecule has 19 heavy (non-hydrogen) atoms. The Kier molecular flexibility index (Phi) is 2.54. The van der Waals surface area contributed by atoms with Crippen LogP contribution in [0.15, 0.2) is 47.7 Å². The molecule has 3 aliphatic rings. The Balaban J connectivity index is 1.83. The molecule has 0 spiro atoms. The molecule has 1 aromatic rings. The highest BCUT2D eigenvalue weighted by Crippen LogP contribution is 2.51. The van der Waals surface area contributed by atoms with E-state index in [4.69, 9.17) is 0 Å². The first-order chi connectivity index (χ1) is 9.38. The maximum absolute atomic E-state index is 2.57. The van der Waals surface area contributed by atoms with Crippen molar-refractivity contribution in [3.05, 3.63) is 53.3 Å². The number of rotatable bonds is 1. The Hall–Kier alpha value is -1.50. The van der Waals surface area contributed by atoms with E-state index in [-0.39, 0.29) is 0 Å². The molecule has 4 rings (SSSR count). The van der Waals surface area contributed by atoms with Crippen LogP contribution in [-0.2, 0) is 6.42 Å². The quantitative estimate of drug-likeness (QED) is 0.672. The molecule has 0 bridgehead atoms. The molecular weight excluding hydrogens is 230 g/mol. The van der Waals surface area contributed by atoms with Crippen LogP contribution in [0.1, 0.15) is 31.7 Å². The first kappa shape index (κ1) is 11.3. The number of para-hydroxylation sites is 1. The van der Waals surface area contributed by atoms with Crippen molar-refractivity contribution in [2.45, 2.75) is 32.6 Å². The van der Waals surface area contributed by atoms with Gasteiger partial charge in [-0.25, -0.2) is 0 Å². The molecule has 1 heterocycles. The molecule has 0 aromatic heterocycles. The lowest BCUT2D eigenvalue weighted by atomic mass is 10.00. The lowest BCUT2D eigenvalue weighted by Crippen LogP contribution is -2.23. The zero-order chi connectivity index (χ0) is 12.8. The van der Waals surface area contributed by atoms with Gasteiger partial charge in [-0.2, -0.15) is 0 Å². The van der Waals surface area contributed by atoms with Gasteiger partial charge in [0.15, 0.2) is 0 Å². The number of nitrogens with zero attached hydrogens (tertiary/aromatic N) is 1. The Labute approximate surface area is 115 Å². The first-order valence-electron chi connectivity index (χ1n) is 7.62. The second kappa shape index (κ2) is 4.26. The fraction of sp³-hybridized carbons (Fsp3) is 0.444. The second-order valence-corrected chi connectivity index (χ2v) is 5.98. The van der Waals surface area contributed by atoms with E-state index in [1.54, 1.807) is 11.3 Å². The molecule has 1 aliphatic heterocycles. The van der Waals surface area contributed by atoms with Crippen LogP contribution < -0.4 is 4.90 Å². The molecule has 1 aromatic carbocycles. The highest BCUT2D eigenvalue weighted by Gasteiger charge is 2.41. The van der Waals surface area contributed by atoms with Crippen molar-refractivity contribution in [3.8, 4) is 0 Å². The van der Waals surface area contributed by atoms with E-state index in [2.05, 4.69) is 48.2 Å². The number of benzene rings is 1. The minimum Gasteiger partial charge on any atom is -0.345 e. The van der Waals surface area contributed by atoms with Gasteiger partial charge < -0.3 is 4.90 Å². The molecule has 0 N–H and O–H groups in total. The summed E-state index contributed by atoms with van der Waals surface area (Å²) in [5, 5.41) is 0. The fourth-order valence-electron chi connectivity index (χ4n) is 3.90. The Morgan fingerprint density at radius 1 is 1.21 bits per heavy atom. The van der Waals surface area contributed by atoms with Gasteiger partial charge >= 0.3 is 0 Å². The number of allylic oxidation sites excluding steroid dienone is 3. The highest BCUT2D eigenvalue weighted by atomic mass is 15.1. The Morgan fingerprint density at radius 2 is 2.11 bits per heavy atom. The minimum absolute atomic E-state index is 0.854. The fourth-order valence-corrected chi connectivity index (χ4v) is 3.90. The van der Waals surface area contributed by atoms with Gasteiger partial charge in [-0.3, -0.25) is 0 Å². The maximum Gasteiger partial charge on any atom is 0.0440 e. The van der Waals surface area contributed by atoms with E-state index in [0.717, 1.165) is 24.8 Å². The number of hydrogen-bond acceptors (Lipinski definition) is 1. The first-order valence-corrected chi connectivity index (χ1v) is 7.62. The molecule has 0 radical (unpaired) electrons. The summed E-state index contributed by atoms with van der Waals surface area (Å²) in [5.41, 5.74) is 6.34. The topological polar surface area (TPSA) is 3.24 Å². The number of fused-ring (bicyclic) bond motifs is 3. The van der Waals surface area contributed by atoms with Crippen LogP contribution in [0.3, 0.4) is 0 Å². The Bertz CT molecular complexity index is 567. The van der Waals surface area contributed by atoms with E-state index >= 15 is 0 Å². The van der Waals surface area contributed by atoms with Crippen molar-refractivity contribution >= 4 is 5.69 Å². The van der Waals surface area contributed by atoms with E-state index in [9.17, 15) is 0 Å². The van der Waals surface area contributed by atoms with Gasteiger partial charge in [0.25, 0.3) is 0 Å². The zero-order valence-corrected chi connectivity index (χ0v) is 11.6. The van der Waals surface area contributed by atoms with Crippen LogP contribution in [0.4, 0.5) is 5.69 Å².